The Morgan fingerprint density at radius 3 is 2.74 bits per heavy atom. The number of nitrogens with zero attached hydrogens (tertiary/aromatic N) is 2. The summed E-state index contributed by atoms with van der Waals surface area (Å²) in [7, 11) is 1.66. The SMILES string of the molecule is CN(Cc1ncc(-c2ccccc2)[nH]1)C(=O)NCCCC(=O)O. The van der Waals surface area contributed by atoms with Crippen molar-refractivity contribution < 1.29 is 14.7 Å². The molecule has 7 heteroatoms. The zero-order chi connectivity index (χ0) is 16.7. The van der Waals surface area contributed by atoms with E-state index in [9.17, 15) is 9.59 Å². The van der Waals surface area contributed by atoms with E-state index in [4.69, 9.17) is 5.11 Å². The third-order valence-corrected chi connectivity index (χ3v) is 3.29. The first-order valence-corrected chi connectivity index (χ1v) is 7.36. The van der Waals surface area contributed by atoms with Crippen molar-refractivity contribution in [2.24, 2.45) is 0 Å². The molecule has 0 unspecified atom stereocenters. The third-order valence-electron chi connectivity index (χ3n) is 3.29. The van der Waals surface area contributed by atoms with Gasteiger partial charge in [-0.15, -0.1) is 0 Å². The number of aromatic nitrogens is 2. The lowest BCUT2D eigenvalue weighted by Crippen LogP contribution is -2.37. The number of carbonyl (C=O) groups is 2. The molecule has 0 saturated heterocycles. The van der Waals surface area contributed by atoms with Crippen LogP contribution in [0, 0.1) is 0 Å². The summed E-state index contributed by atoms with van der Waals surface area (Å²) in [6.45, 7) is 0.681. The molecular weight excluding hydrogens is 296 g/mol. The standard InChI is InChI=1S/C16H20N4O3/c1-20(16(23)17-9-5-8-15(21)22)11-14-18-10-13(19-14)12-6-3-2-4-7-12/h2-4,6-7,10H,5,8-9,11H2,1H3,(H,17,23)(H,18,19)(H,21,22). The van der Waals surface area contributed by atoms with Crippen molar-refractivity contribution in [2.75, 3.05) is 13.6 Å². The van der Waals surface area contributed by atoms with Crippen molar-refractivity contribution in [1.82, 2.24) is 20.2 Å². The van der Waals surface area contributed by atoms with Crippen molar-refractivity contribution in [2.45, 2.75) is 19.4 Å². The Balaban J connectivity index is 1.83. The predicted octanol–water partition coefficient (Wildman–Crippen LogP) is 2.08. The maximum absolute atomic E-state index is 11.9. The van der Waals surface area contributed by atoms with Gasteiger partial charge < -0.3 is 20.3 Å². The van der Waals surface area contributed by atoms with Gasteiger partial charge in [-0.2, -0.15) is 0 Å². The average molecular weight is 316 g/mol. The zero-order valence-electron chi connectivity index (χ0n) is 13.0. The van der Waals surface area contributed by atoms with Crippen LogP contribution in [-0.2, 0) is 11.3 Å². The van der Waals surface area contributed by atoms with Crippen LogP contribution in [0.4, 0.5) is 4.79 Å². The summed E-state index contributed by atoms with van der Waals surface area (Å²) in [5.41, 5.74) is 1.93. The first kappa shape index (κ1) is 16.5. The fraction of sp³-hybridized carbons (Fsp3) is 0.312. The van der Waals surface area contributed by atoms with Crippen LogP contribution in [0.25, 0.3) is 11.3 Å². The minimum Gasteiger partial charge on any atom is -0.481 e. The van der Waals surface area contributed by atoms with E-state index < -0.39 is 5.97 Å². The number of urea groups is 1. The molecule has 0 spiro atoms. The lowest BCUT2D eigenvalue weighted by molar-refractivity contribution is -0.137. The summed E-state index contributed by atoms with van der Waals surface area (Å²) < 4.78 is 0. The molecule has 0 fully saturated rings. The number of aromatic amines is 1. The summed E-state index contributed by atoms with van der Waals surface area (Å²) in [4.78, 5) is 31.3. The van der Waals surface area contributed by atoms with E-state index >= 15 is 0 Å². The molecule has 7 nitrogen and oxygen atoms in total. The van der Waals surface area contributed by atoms with Crippen LogP contribution in [0.5, 0.6) is 0 Å². The Labute approximate surface area is 134 Å². The molecule has 122 valence electrons. The number of H-pyrrole nitrogens is 1. The first-order chi connectivity index (χ1) is 11.1. The highest BCUT2D eigenvalue weighted by atomic mass is 16.4. The lowest BCUT2D eigenvalue weighted by Gasteiger charge is -2.16. The van der Waals surface area contributed by atoms with Crippen molar-refractivity contribution in [3.63, 3.8) is 0 Å². The molecule has 0 bridgehead atoms. The number of rotatable bonds is 7. The fourth-order valence-corrected chi connectivity index (χ4v) is 2.07. The van der Waals surface area contributed by atoms with Gasteiger partial charge in [0.2, 0.25) is 0 Å². The largest absolute Gasteiger partial charge is 0.481 e. The molecule has 0 radical (unpaired) electrons. The monoisotopic (exact) mass is 316 g/mol. The van der Waals surface area contributed by atoms with E-state index in [0.29, 0.717) is 25.3 Å². The van der Waals surface area contributed by atoms with Crippen molar-refractivity contribution >= 4 is 12.0 Å². The Morgan fingerprint density at radius 2 is 2.04 bits per heavy atom. The van der Waals surface area contributed by atoms with Gasteiger partial charge in [0.25, 0.3) is 0 Å². The maximum Gasteiger partial charge on any atom is 0.317 e. The van der Waals surface area contributed by atoms with Crippen molar-refractivity contribution in [1.29, 1.82) is 0 Å². The number of aliphatic carboxylic acids is 1. The van der Waals surface area contributed by atoms with Crippen LogP contribution < -0.4 is 5.32 Å². The maximum atomic E-state index is 11.9. The summed E-state index contributed by atoms with van der Waals surface area (Å²) in [6.07, 6.45) is 2.19. The Bertz CT molecular complexity index is 654. The van der Waals surface area contributed by atoms with Gasteiger partial charge in [-0.1, -0.05) is 30.3 Å². The van der Waals surface area contributed by atoms with Crippen molar-refractivity contribution in [3.05, 3.63) is 42.4 Å². The molecular formula is C16H20N4O3. The minimum absolute atomic E-state index is 0.0443. The quantitative estimate of drug-likeness (QED) is 0.681. The number of hydrogen-bond donors (Lipinski definition) is 3. The smallest absolute Gasteiger partial charge is 0.317 e. The number of hydrogen-bond acceptors (Lipinski definition) is 3. The minimum atomic E-state index is -0.864. The van der Waals surface area contributed by atoms with Crippen LogP contribution in [0.3, 0.4) is 0 Å². The second-order valence-corrected chi connectivity index (χ2v) is 5.19. The summed E-state index contributed by atoms with van der Waals surface area (Å²) in [5, 5.41) is 11.2. The molecule has 1 aromatic carbocycles. The molecule has 3 N–H and O–H groups in total. The fourth-order valence-electron chi connectivity index (χ4n) is 2.07. The van der Waals surface area contributed by atoms with E-state index in [2.05, 4.69) is 15.3 Å². The molecule has 0 aliphatic carbocycles. The van der Waals surface area contributed by atoms with Gasteiger partial charge in [0, 0.05) is 20.0 Å². The normalized spacial score (nSPS) is 10.3. The molecule has 0 saturated carbocycles. The van der Waals surface area contributed by atoms with Crippen LogP contribution in [0.15, 0.2) is 36.5 Å². The molecule has 0 atom stereocenters. The number of carboxylic acid groups (broad SMARTS) is 1. The van der Waals surface area contributed by atoms with E-state index in [-0.39, 0.29) is 12.5 Å². The molecule has 1 heterocycles. The van der Waals surface area contributed by atoms with Crippen molar-refractivity contribution in [3.8, 4) is 11.3 Å². The predicted molar refractivity (Wildman–Crippen MR) is 85.8 cm³/mol. The highest BCUT2D eigenvalue weighted by Gasteiger charge is 2.11. The second-order valence-electron chi connectivity index (χ2n) is 5.19. The Kier molecular flexibility index (Phi) is 5.74. The van der Waals surface area contributed by atoms with Gasteiger partial charge >= 0.3 is 12.0 Å². The summed E-state index contributed by atoms with van der Waals surface area (Å²) in [6, 6.07) is 9.56. The zero-order valence-corrected chi connectivity index (χ0v) is 13.0. The highest BCUT2D eigenvalue weighted by Crippen LogP contribution is 2.16. The number of benzene rings is 1. The summed E-state index contributed by atoms with van der Waals surface area (Å²) in [5.74, 6) is -0.177. The van der Waals surface area contributed by atoms with Gasteiger partial charge in [0.05, 0.1) is 18.4 Å². The molecule has 1 aromatic heterocycles. The van der Waals surface area contributed by atoms with E-state index in [1.54, 1.807) is 13.2 Å². The summed E-state index contributed by atoms with van der Waals surface area (Å²) >= 11 is 0. The van der Waals surface area contributed by atoms with Crippen LogP contribution in [0.2, 0.25) is 0 Å². The lowest BCUT2D eigenvalue weighted by atomic mass is 10.2. The number of carbonyl (C=O) groups excluding carboxylic acids is 1. The Hall–Kier alpha value is -2.83. The number of carboxylic acids is 1. The second kappa shape index (κ2) is 7.98. The topological polar surface area (TPSA) is 98.3 Å². The van der Waals surface area contributed by atoms with E-state index in [0.717, 1.165) is 11.3 Å². The van der Waals surface area contributed by atoms with Gasteiger partial charge in [-0.25, -0.2) is 9.78 Å². The van der Waals surface area contributed by atoms with Crippen LogP contribution >= 0.6 is 0 Å². The third kappa shape index (κ3) is 5.14. The average Bonchev–Trinajstić information content (AvgIpc) is 3.00. The number of amides is 2. The van der Waals surface area contributed by atoms with Gasteiger partial charge in [-0.05, 0) is 12.0 Å². The first-order valence-electron chi connectivity index (χ1n) is 7.36. The number of nitrogens with one attached hydrogen (secondary N) is 2. The highest BCUT2D eigenvalue weighted by molar-refractivity contribution is 5.74. The Morgan fingerprint density at radius 1 is 1.30 bits per heavy atom. The molecule has 0 aliphatic heterocycles. The van der Waals surface area contributed by atoms with Gasteiger partial charge in [-0.3, -0.25) is 4.79 Å². The number of imidazole rings is 1. The molecule has 2 aromatic rings. The van der Waals surface area contributed by atoms with Crippen LogP contribution in [-0.4, -0.2) is 45.6 Å². The van der Waals surface area contributed by atoms with Crippen LogP contribution in [0.1, 0.15) is 18.7 Å². The molecule has 23 heavy (non-hydrogen) atoms. The van der Waals surface area contributed by atoms with E-state index in [1.165, 1.54) is 4.90 Å². The molecule has 2 rings (SSSR count). The van der Waals surface area contributed by atoms with Gasteiger partial charge in [0.15, 0.2) is 0 Å². The van der Waals surface area contributed by atoms with E-state index in [1.807, 2.05) is 30.3 Å². The van der Waals surface area contributed by atoms with Gasteiger partial charge in [0.1, 0.15) is 5.82 Å². The molecule has 2 amide bonds. The molecule has 0 aliphatic rings.